The zero-order valence-electron chi connectivity index (χ0n) is 20.9. The molecule has 3 rings (SSSR count). The Bertz CT molecular complexity index is 897. The van der Waals surface area contributed by atoms with Crippen LogP contribution in [0.1, 0.15) is 82.8 Å². The van der Waals surface area contributed by atoms with Crippen molar-refractivity contribution in [2.24, 2.45) is 5.92 Å². The quantitative estimate of drug-likeness (QED) is 0.319. The molecule has 2 aromatic rings. The molecule has 184 valence electrons. The van der Waals surface area contributed by atoms with Crippen LogP contribution in [0.3, 0.4) is 0 Å². The van der Waals surface area contributed by atoms with Crippen LogP contribution in [0.15, 0.2) is 48.5 Å². The Kier molecular flexibility index (Phi) is 10.1. The number of hydrogen-bond donors (Lipinski definition) is 0. The van der Waals surface area contributed by atoms with E-state index in [2.05, 4.69) is 49.1 Å². The molecule has 0 saturated heterocycles. The van der Waals surface area contributed by atoms with Gasteiger partial charge in [0.05, 0.1) is 11.5 Å². The lowest BCUT2D eigenvalue weighted by atomic mass is 9.63. The highest BCUT2D eigenvalue weighted by Crippen LogP contribution is 2.46. The van der Waals surface area contributed by atoms with Gasteiger partial charge >= 0.3 is 0 Å². The normalized spacial score (nSPS) is 17.3. The van der Waals surface area contributed by atoms with Crippen LogP contribution in [0.2, 0.25) is 0 Å². The van der Waals surface area contributed by atoms with Crippen LogP contribution in [-0.2, 0) is 11.8 Å². The summed E-state index contributed by atoms with van der Waals surface area (Å²) in [4.78, 5) is 2.52. The largest absolute Gasteiger partial charge is 0.300 e. The van der Waals surface area contributed by atoms with Gasteiger partial charge in [0, 0.05) is 18.2 Å². The monoisotopic (exact) mass is 466 g/mol. The van der Waals surface area contributed by atoms with Crippen LogP contribution in [0.4, 0.5) is 8.78 Å². The molecule has 2 atom stereocenters. The fourth-order valence-corrected chi connectivity index (χ4v) is 5.98. The van der Waals surface area contributed by atoms with Crippen molar-refractivity contribution in [3.63, 3.8) is 0 Å². The summed E-state index contributed by atoms with van der Waals surface area (Å²) in [6.45, 7) is 6.32. The van der Waals surface area contributed by atoms with E-state index in [4.69, 9.17) is 0 Å². The summed E-state index contributed by atoms with van der Waals surface area (Å²) in [5, 5.41) is 10.5. The van der Waals surface area contributed by atoms with Crippen LogP contribution in [0.25, 0.3) is 0 Å². The second-order valence-corrected chi connectivity index (χ2v) is 9.89. The zero-order valence-corrected chi connectivity index (χ0v) is 20.9. The van der Waals surface area contributed by atoms with E-state index in [0.717, 1.165) is 70.9 Å². The lowest BCUT2D eigenvalue weighted by molar-refractivity contribution is 0.156. The third kappa shape index (κ3) is 6.25. The molecule has 0 aromatic heterocycles. The molecule has 1 aliphatic rings. The molecule has 0 bridgehead atoms. The number of rotatable bonds is 12. The van der Waals surface area contributed by atoms with E-state index < -0.39 is 17.0 Å². The van der Waals surface area contributed by atoms with Gasteiger partial charge in [-0.1, -0.05) is 69.5 Å². The van der Waals surface area contributed by atoms with E-state index in [9.17, 15) is 5.26 Å². The molecule has 0 radical (unpaired) electrons. The summed E-state index contributed by atoms with van der Waals surface area (Å²) in [5.41, 5.74) is 0.215. The number of nitriles is 1. The lowest BCUT2D eigenvalue weighted by Gasteiger charge is -2.40. The maximum absolute atomic E-state index is 15.1. The molecule has 1 aliphatic carbocycles. The smallest absolute Gasteiger partial charge is 0.130 e. The second-order valence-electron chi connectivity index (χ2n) is 9.89. The highest BCUT2D eigenvalue weighted by Gasteiger charge is 2.45. The molecular formula is C30H40F2N2. The van der Waals surface area contributed by atoms with Gasteiger partial charge in [-0.25, -0.2) is 8.78 Å². The van der Waals surface area contributed by atoms with Crippen molar-refractivity contribution in [1.29, 1.82) is 5.26 Å². The molecular weight excluding hydrogens is 426 g/mol. The molecule has 0 N–H and O–H groups in total. The van der Waals surface area contributed by atoms with Gasteiger partial charge in [0.15, 0.2) is 0 Å². The van der Waals surface area contributed by atoms with Crippen molar-refractivity contribution < 1.29 is 8.78 Å². The third-order valence-electron chi connectivity index (χ3n) is 7.81. The SMILES string of the molecule is CCCN(CCc1ccccc1)C(CC)CCC(C#N)(c1c(F)cccc1F)C1CCCCC1. The Labute approximate surface area is 205 Å². The van der Waals surface area contributed by atoms with Gasteiger partial charge in [-0.3, -0.25) is 0 Å². The van der Waals surface area contributed by atoms with E-state index in [1.165, 1.54) is 23.8 Å². The van der Waals surface area contributed by atoms with Gasteiger partial charge < -0.3 is 4.90 Å². The Morgan fingerprint density at radius 3 is 2.24 bits per heavy atom. The Balaban J connectivity index is 1.84. The highest BCUT2D eigenvalue weighted by atomic mass is 19.1. The van der Waals surface area contributed by atoms with Gasteiger partial charge in [-0.15, -0.1) is 0 Å². The first-order valence-electron chi connectivity index (χ1n) is 13.2. The van der Waals surface area contributed by atoms with Crippen molar-refractivity contribution in [3.05, 3.63) is 71.3 Å². The van der Waals surface area contributed by atoms with Crippen molar-refractivity contribution in [2.45, 2.75) is 89.5 Å². The Morgan fingerprint density at radius 2 is 1.65 bits per heavy atom. The van der Waals surface area contributed by atoms with Crippen LogP contribution < -0.4 is 0 Å². The van der Waals surface area contributed by atoms with Crippen LogP contribution in [0, 0.1) is 28.9 Å². The molecule has 1 fully saturated rings. The molecule has 0 aliphatic heterocycles. The van der Waals surface area contributed by atoms with Crippen molar-refractivity contribution in [3.8, 4) is 6.07 Å². The van der Waals surface area contributed by atoms with E-state index in [1.54, 1.807) is 0 Å². The fraction of sp³-hybridized carbons (Fsp3) is 0.567. The predicted octanol–water partition coefficient (Wildman–Crippen LogP) is 7.82. The highest BCUT2D eigenvalue weighted by molar-refractivity contribution is 5.36. The Morgan fingerprint density at radius 1 is 0.971 bits per heavy atom. The molecule has 2 unspecified atom stereocenters. The molecule has 1 saturated carbocycles. The average molecular weight is 467 g/mol. The zero-order chi connectivity index (χ0) is 24.4. The van der Waals surface area contributed by atoms with Crippen molar-refractivity contribution >= 4 is 0 Å². The van der Waals surface area contributed by atoms with Gasteiger partial charge in [0.1, 0.15) is 11.6 Å². The first-order chi connectivity index (χ1) is 16.6. The number of halogens is 2. The molecule has 0 spiro atoms. The molecule has 34 heavy (non-hydrogen) atoms. The van der Waals surface area contributed by atoms with Gasteiger partial charge in [0.25, 0.3) is 0 Å². The summed E-state index contributed by atoms with van der Waals surface area (Å²) >= 11 is 0. The minimum absolute atomic E-state index is 0.000833. The summed E-state index contributed by atoms with van der Waals surface area (Å²) in [6.07, 6.45) is 9.18. The van der Waals surface area contributed by atoms with E-state index >= 15 is 8.78 Å². The Hall–Kier alpha value is -2.25. The van der Waals surface area contributed by atoms with Crippen LogP contribution in [-0.4, -0.2) is 24.0 Å². The summed E-state index contributed by atoms with van der Waals surface area (Å²) < 4.78 is 30.2. The first kappa shape index (κ1) is 26.4. The van der Waals surface area contributed by atoms with Gasteiger partial charge in [0.2, 0.25) is 0 Å². The number of nitrogens with zero attached hydrogens (tertiary/aromatic N) is 2. The van der Waals surface area contributed by atoms with E-state index in [1.807, 2.05) is 6.07 Å². The second kappa shape index (κ2) is 13.0. The predicted molar refractivity (Wildman–Crippen MR) is 136 cm³/mol. The molecule has 4 heteroatoms. The third-order valence-corrected chi connectivity index (χ3v) is 7.81. The average Bonchev–Trinajstić information content (AvgIpc) is 2.87. The topological polar surface area (TPSA) is 27.0 Å². The van der Waals surface area contributed by atoms with E-state index in [0.29, 0.717) is 6.42 Å². The molecule has 0 heterocycles. The number of hydrogen-bond acceptors (Lipinski definition) is 2. The summed E-state index contributed by atoms with van der Waals surface area (Å²) in [7, 11) is 0. The molecule has 2 nitrogen and oxygen atoms in total. The summed E-state index contributed by atoms with van der Waals surface area (Å²) in [6, 6.07) is 17.3. The van der Waals surface area contributed by atoms with Crippen LogP contribution >= 0.6 is 0 Å². The lowest BCUT2D eigenvalue weighted by Crippen LogP contribution is -2.41. The first-order valence-corrected chi connectivity index (χ1v) is 13.2. The van der Waals surface area contributed by atoms with Gasteiger partial charge in [-0.2, -0.15) is 5.26 Å². The fourth-order valence-electron chi connectivity index (χ4n) is 5.98. The summed E-state index contributed by atoms with van der Waals surface area (Å²) in [5.74, 6) is -1.15. The molecule has 0 amide bonds. The standard InChI is InChI=1S/C30H40F2N2/c1-3-21-34(22-19-24-12-7-5-8-13-24)26(4-2)18-20-30(23-33,25-14-9-6-10-15-25)29-27(31)16-11-17-28(29)32/h5,7-8,11-13,16-17,25-26H,3-4,6,9-10,14-15,18-22H2,1-2H3. The van der Waals surface area contributed by atoms with Crippen LogP contribution in [0.5, 0.6) is 0 Å². The minimum Gasteiger partial charge on any atom is -0.300 e. The van der Waals surface area contributed by atoms with Crippen molar-refractivity contribution in [1.82, 2.24) is 4.90 Å². The maximum atomic E-state index is 15.1. The number of benzene rings is 2. The van der Waals surface area contributed by atoms with Crippen molar-refractivity contribution in [2.75, 3.05) is 13.1 Å². The molecule has 2 aromatic carbocycles. The van der Waals surface area contributed by atoms with Gasteiger partial charge in [-0.05, 0) is 75.1 Å². The maximum Gasteiger partial charge on any atom is 0.130 e. The van der Waals surface area contributed by atoms with E-state index in [-0.39, 0.29) is 17.5 Å². The minimum atomic E-state index is -1.11.